The smallest absolute Gasteiger partial charge is 0.0416 e. The minimum absolute atomic E-state index is 0.572. The van der Waals surface area contributed by atoms with E-state index in [-0.39, 0.29) is 0 Å². The van der Waals surface area contributed by atoms with Crippen LogP contribution in [0.4, 0.5) is 0 Å². The maximum Gasteiger partial charge on any atom is 0.0416 e. The van der Waals surface area contributed by atoms with Crippen LogP contribution in [-0.2, 0) is 6.42 Å². The van der Waals surface area contributed by atoms with Gasteiger partial charge in [0, 0.05) is 44.0 Å². The van der Waals surface area contributed by atoms with Gasteiger partial charge in [0.05, 0.1) is 0 Å². The lowest BCUT2D eigenvalue weighted by Gasteiger charge is -2.08. The van der Waals surface area contributed by atoms with Crippen LogP contribution in [0.1, 0.15) is 19.5 Å². The van der Waals surface area contributed by atoms with Crippen molar-refractivity contribution in [3.8, 4) is 0 Å². The molecule has 0 fully saturated rings. The number of pyridine rings is 1. The van der Waals surface area contributed by atoms with Gasteiger partial charge in [0.1, 0.15) is 0 Å². The van der Waals surface area contributed by atoms with E-state index in [4.69, 9.17) is 0 Å². The molecule has 0 bridgehead atoms. The molecule has 0 spiro atoms. The van der Waals surface area contributed by atoms with Gasteiger partial charge in [-0.05, 0) is 12.1 Å². The zero-order valence-corrected chi connectivity index (χ0v) is 9.66. The van der Waals surface area contributed by atoms with Gasteiger partial charge >= 0.3 is 0 Å². The van der Waals surface area contributed by atoms with Gasteiger partial charge < -0.3 is 10.6 Å². The van der Waals surface area contributed by atoms with Crippen molar-refractivity contribution in [2.45, 2.75) is 26.3 Å². The highest BCUT2D eigenvalue weighted by atomic mass is 15.0. The van der Waals surface area contributed by atoms with Crippen LogP contribution in [0.5, 0.6) is 0 Å². The Morgan fingerprint density at radius 3 is 2.73 bits per heavy atom. The number of nitrogens with zero attached hydrogens (tertiary/aromatic N) is 1. The van der Waals surface area contributed by atoms with E-state index in [1.54, 1.807) is 0 Å². The van der Waals surface area contributed by atoms with Gasteiger partial charge in [0.15, 0.2) is 0 Å². The lowest BCUT2D eigenvalue weighted by atomic mass is 10.3. The second-order valence-corrected chi connectivity index (χ2v) is 3.93. The second kappa shape index (κ2) is 7.37. The summed E-state index contributed by atoms with van der Waals surface area (Å²) < 4.78 is 0. The van der Waals surface area contributed by atoms with E-state index in [0.717, 1.165) is 31.7 Å². The molecule has 1 heterocycles. The van der Waals surface area contributed by atoms with E-state index in [2.05, 4.69) is 35.5 Å². The van der Waals surface area contributed by atoms with Crippen molar-refractivity contribution in [1.29, 1.82) is 0 Å². The van der Waals surface area contributed by atoms with E-state index in [0.29, 0.717) is 6.04 Å². The number of aromatic nitrogens is 1. The van der Waals surface area contributed by atoms with E-state index < -0.39 is 0 Å². The van der Waals surface area contributed by atoms with Crippen LogP contribution in [0.2, 0.25) is 0 Å². The Kier molecular flexibility index (Phi) is 5.97. The molecule has 0 aliphatic carbocycles. The topological polar surface area (TPSA) is 37.0 Å². The molecule has 1 aromatic heterocycles. The normalized spacial score (nSPS) is 10.9. The monoisotopic (exact) mass is 207 g/mol. The highest BCUT2D eigenvalue weighted by molar-refractivity contribution is 5.03. The molecule has 84 valence electrons. The van der Waals surface area contributed by atoms with Gasteiger partial charge in [-0.1, -0.05) is 19.9 Å². The summed E-state index contributed by atoms with van der Waals surface area (Å²) in [5.41, 5.74) is 1.15. The Bertz CT molecular complexity index is 246. The first-order chi connectivity index (χ1) is 7.29. The first kappa shape index (κ1) is 12.1. The van der Waals surface area contributed by atoms with Crippen molar-refractivity contribution in [1.82, 2.24) is 15.6 Å². The molecule has 0 aliphatic heterocycles. The largest absolute Gasteiger partial charge is 0.315 e. The first-order valence-electron chi connectivity index (χ1n) is 5.63. The molecular weight excluding hydrogens is 186 g/mol. The quantitative estimate of drug-likeness (QED) is 0.660. The number of nitrogens with one attached hydrogen (secondary N) is 2. The standard InChI is InChI=1S/C12H21N3/c1-11(2)14-10-9-13-8-6-12-5-3-4-7-15-12/h3-5,7,11,13-14H,6,8-10H2,1-2H3. The molecule has 0 atom stereocenters. The fourth-order valence-electron chi connectivity index (χ4n) is 1.34. The van der Waals surface area contributed by atoms with Crippen LogP contribution in [0.3, 0.4) is 0 Å². The van der Waals surface area contributed by atoms with E-state index in [9.17, 15) is 0 Å². The lowest BCUT2D eigenvalue weighted by Crippen LogP contribution is -2.32. The highest BCUT2D eigenvalue weighted by Gasteiger charge is 1.93. The molecule has 3 heteroatoms. The molecule has 0 unspecified atom stereocenters. The summed E-state index contributed by atoms with van der Waals surface area (Å²) in [6.45, 7) is 7.36. The minimum Gasteiger partial charge on any atom is -0.315 e. The number of hydrogen-bond donors (Lipinski definition) is 2. The van der Waals surface area contributed by atoms with Crippen molar-refractivity contribution in [2.24, 2.45) is 0 Å². The first-order valence-corrected chi connectivity index (χ1v) is 5.63. The summed E-state index contributed by atoms with van der Waals surface area (Å²) in [6, 6.07) is 6.61. The van der Waals surface area contributed by atoms with E-state index >= 15 is 0 Å². The van der Waals surface area contributed by atoms with Gasteiger partial charge in [0.25, 0.3) is 0 Å². The van der Waals surface area contributed by atoms with Gasteiger partial charge in [-0.15, -0.1) is 0 Å². The molecule has 0 saturated carbocycles. The van der Waals surface area contributed by atoms with Crippen LogP contribution in [-0.4, -0.2) is 30.7 Å². The van der Waals surface area contributed by atoms with Crippen LogP contribution in [0.15, 0.2) is 24.4 Å². The third-order valence-corrected chi connectivity index (χ3v) is 2.14. The Hall–Kier alpha value is -0.930. The third-order valence-electron chi connectivity index (χ3n) is 2.14. The summed E-state index contributed by atoms with van der Waals surface area (Å²) in [7, 11) is 0. The van der Waals surface area contributed by atoms with Gasteiger partial charge in [-0.3, -0.25) is 4.98 Å². The van der Waals surface area contributed by atoms with Crippen LogP contribution in [0, 0.1) is 0 Å². The number of rotatable bonds is 7. The minimum atomic E-state index is 0.572. The van der Waals surface area contributed by atoms with E-state index in [1.165, 1.54) is 0 Å². The third kappa shape index (κ3) is 6.20. The van der Waals surface area contributed by atoms with Crippen LogP contribution < -0.4 is 10.6 Å². The van der Waals surface area contributed by atoms with Crippen molar-refractivity contribution in [2.75, 3.05) is 19.6 Å². The zero-order valence-electron chi connectivity index (χ0n) is 9.66. The molecular formula is C12H21N3. The molecule has 1 rings (SSSR count). The highest BCUT2D eigenvalue weighted by Crippen LogP contribution is 1.92. The van der Waals surface area contributed by atoms with Crippen molar-refractivity contribution >= 4 is 0 Å². The lowest BCUT2D eigenvalue weighted by molar-refractivity contribution is 0.556. The van der Waals surface area contributed by atoms with Crippen molar-refractivity contribution in [3.05, 3.63) is 30.1 Å². The average molecular weight is 207 g/mol. The molecule has 0 saturated heterocycles. The fraction of sp³-hybridized carbons (Fsp3) is 0.583. The summed E-state index contributed by atoms with van der Waals surface area (Å²) in [5.74, 6) is 0. The summed E-state index contributed by atoms with van der Waals surface area (Å²) in [6.07, 6.45) is 2.85. The van der Waals surface area contributed by atoms with E-state index in [1.807, 2.05) is 18.3 Å². The predicted octanol–water partition coefficient (Wildman–Crippen LogP) is 1.21. The average Bonchev–Trinajstić information content (AvgIpc) is 2.24. The molecule has 2 N–H and O–H groups in total. The molecule has 0 aliphatic rings. The summed E-state index contributed by atoms with van der Waals surface area (Å²) in [5, 5.41) is 6.75. The molecule has 0 aromatic carbocycles. The Balaban J connectivity index is 1.98. The predicted molar refractivity (Wildman–Crippen MR) is 63.9 cm³/mol. The maximum atomic E-state index is 4.27. The number of hydrogen-bond acceptors (Lipinski definition) is 3. The maximum absolute atomic E-state index is 4.27. The SMILES string of the molecule is CC(C)NCCNCCc1ccccn1. The Morgan fingerprint density at radius 2 is 2.07 bits per heavy atom. The van der Waals surface area contributed by atoms with Crippen LogP contribution in [0.25, 0.3) is 0 Å². The summed E-state index contributed by atoms with van der Waals surface area (Å²) in [4.78, 5) is 4.27. The second-order valence-electron chi connectivity index (χ2n) is 3.93. The molecule has 3 nitrogen and oxygen atoms in total. The molecule has 15 heavy (non-hydrogen) atoms. The molecule has 0 amide bonds. The van der Waals surface area contributed by atoms with Crippen molar-refractivity contribution in [3.63, 3.8) is 0 Å². The Labute approximate surface area is 92.3 Å². The van der Waals surface area contributed by atoms with Crippen molar-refractivity contribution < 1.29 is 0 Å². The van der Waals surface area contributed by atoms with Crippen LogP contribution >= 0.6 is 0 Å². The van der Waals surface area contributed by atoms with Gasteiger partial charge in [-0.25, -0.2) is 0 Å². The van der Waals surface area contributed by atoms with Gasteiger partial charge in [0.2, 0.25) is 0 Å². The summed E-state index contributed by atoms with van der Waals surface area (Å²) >= 11 is 0. The van der Waals surface area contributed by atoms with Gasteiger partial charge in [-0.2, -0.15) is 0 Å². The Morgan fingerprint density at radius 1 is 1.20 bits per heavy atom. The fourth-order valence-corrected chi connectivity index (χ4v) is 1.34. The zero-order chi connectivity index (χ0) is 10.9. The molecule has 0 radical (unpaired) electrons. The molecule has 1 aromatic rings.